The summed E-state index contributed by atoms with van der Waals surface area (Å²) >= 11 is 0. The minimum absolute atomic E-state index is 0.435. The minimum Gasteiger partial charge on any atom is -0.453 e. The zero-order valence-electron chi connectivity index (χ0n) is 9.40. The fraction of sp³-hybridized carbons (Fsp3) is 0.300. The monoisotopic (exact) mass is 255 g/mol. The zero-order valence-corrected chi connectivity index (χ0v) is 10.3. The van der Waals surface area contributed by atoms with Gasteiger partial charge in [-0.2, -0.15) is 0 Å². The Kier molecular flexibility index (Phi) is 3.47. The predicted octanol–water partition coefficient (Wildman–Crippen LogP) is 1.34. The number of rotatable bonds is 1. The Bertz CT molecular complexity index is 447. The standard InChI is InChI=1S/C10H14N3O3P/c1-16-10(14)13-17(15)11-6-8-4-2-3-5-9(8)7-12-17/h2-5H,6-7H2,1H3,(H3,11,12,13,14,15). The summed E-state index contributed by atoms with van der Waals surface area (Å²) in [5, 5.41) is 7.92. The van der Waals surface area contributed by atoms with E-state index in [0.29, 0.717) is 13.1 Å². The molecule has 2 rings (SSSR count). The van der Waals surface area contributed by atoms with Gasteiger partial charge in [-0.15, -0.1) is 0 Å². The smallest absolute Gasteiger partial charge is 0.414 e. The Hall–Kier alpha value is -1.36. The summed E-state index contributed by atoms with van der Waals surface area (Å²) in [7, 11) is -1.91. The van der Waals surface area contributed by atoms with Crippen LogP contribution in [0, 0.1) is 0 Å². The Morgan fingerprint density at radius 1 is 1.29 bits per heavy atom. The predicted molar refractivity (Wildman–Crippen MR) is 63.3 cm³/mol. The van der Waals surface area contributed by atoms with Crippen LogP contribution in [-0.2, 0) is 22.4 Å². The topological polar surface area (TPSA) is 79.5 Å². The number of carbonyl (C=O) groups excluding carboxylic acids is 1. The van der Waals surface area contributed by atoms with Crippen LogP contribution in [0.3, 0.4) is 0 Å². The van der Waals surface area contributed by atoms with E-state index >= 15 is 0 Å². The van der Waals surface area contributed by atoms with Gasteiger partial charge in [0.2, 0.25) is 0 Å². The molecule has 92 valence electrons. The summed E-state index contributed by atoms with van der Waals surface area (Å²) in [5.41, 5.74) is 2.12. The van der Waals surface area contributed by atoms with Crippen molar-refractivity contribution < 1.29 is 14.1 Å². The van der Waals surface area contributed by atoms with E-state index in [-0.39, 0.29) is 0 Å². The number of fused-ring (bicyclic) bond motifs is 1. The summed E-state index contributed by atoms with van der Waals surface area (Å²) in [6.45, 7) is 0.870. The van der Waals surface area contributed by atoms with Gasteiger partial charge < -0.3 is 4.74 Å². The van der Waals surface area contributed by atoms with Crippen LogP contribution in [0.1, 0.15) is 11.1 Å². The molecular formula is C10H14N3O3P. The van der Waals surface area contributed by atoms with Crippen LogP contribution in [0.15, 0.2) is 24.3 Å². The second kappa shape index (κ2) is 4.87. The lowest BCUT2D eigenvalue weighted by atomic mass is 10.1. The van der Waals surface area contributed by atoms with Crippen LogP contribution in [-0.4, -0.2) is 13.2 Å². The SMILES string of the molecule is COC(=O)NP1(=O)NCc2ccccc2CN1. The lowest BCUT2D eigenvalue weighted by Gasteiger charge is -2.17. The van der Waals surface area contributed by atoms with Gasteiger partial charge in [-0.3, -0.25) is 4.57 Å². The minimum atomic E-state index is -3.14. The third-order valence-corrected chi connectivity index (χ3v) is 4.24. The number of hydrogen-bond donors (Lipinski definition) is 3. The van der Waals surface area contributed by atoms with Crippen molar-refractivity contribution in [2.45, 2.75) is 13.1 Å². The molecule has 0 aliphatic carbocycles. The van der Waals surface area contributed by atoms with E-state index in [0.717, 1.165) is 11.1 Å². The molecule has 0 bridgehead atoms. The molecule has 1 aromatic rings. The van der Waals surface area contributed by atoms with Gasteiger partial charge in [-0.05, 0) is 11.1 Å². The number of benzene rings is 1. The summed E-state index contributed by atoms with van der Waals surface area (Å²) in [6, 6.07) is 7.75. The second-order valence-electron chi connectivity index (χ2n) is 3.65. The molecular weight excluding hydrogens is 241 g/mol. The van der Waals surface area contributed by atoms with Crippen molar-refractivity contribution in [1.29, 1.82) is 0 Å². The molecule has 0 spiro atoms. The molecule has 0 saturated carbocycles. The van der Waals surface area contributed by atoms with Crippen molar-refractivity contribution in [2.24, 2.45) is 0 Å². The molecule has 0 fully saturated rings. The number of nitrogens with one attached hydrogen (secondary N) is 3. The van der Waals surface area contributed by atoms with E-state index in [2.05, 4.69) is 20.0 Å². The largest absolute Gasteiger partial charge is 0.453 e. The van der Waals surface area contributed by atoms with Crippen LogP contribution in [0.25, 0.3) is 0 Å². The number of hydrogen-bond acceptors (Lipinski definition) is 3. The summed E-state index contributed by atoms with van der Waals surface area (Å²) in [6.07, 6.45) is -0.723. The Labute approximate surface area is 99.3 Å². The van der Waals surface area contributed by atoms with Crippen molar-refractivity contribution in [3.8, 4) is 0 Å². The third-order valence-electron chi connectivity index (χ3n) is 2.54. The molecule has 3 N–H and O–H groups in total. The first kappa shape index (κ1) is 12.1. The van der Waals surface area contributed by atoms with Crippen LogP contribution in [0.5, 0.6) is 0 Å². The van der Waals surface area contributed by atoms with Crippen LogP contribution in [0.2, 0.25) is 0 Å². The highest BCUT2D eigenvalue weighted by Crippen LogP contribution is 2.34. The molecule has 0 radical (unpaired) electrons. The summed E-state index contributed by atoms with van der Waals surface area (Å²) in [5.74, 6) is 0. The molecule has 1 heterocycles. The van der Waals surface area contributed by atoms with Crippen molar-refractivity contribution in [1.82, 2.24) is 15.3 Å². The van der Waals surface area contributed by atoms with E-state index in [1.165, 1.54) is 7.11 Å². The molecule has 0 saturated heterocycles. The summed E-state index contributed by atoms with van der Waals surface area (Å²) < 4.78 is 16.7. The zero-order chi connectivity index (χ0) is 12.3. The average Bonchev–Trinajstić information content (AvgIpc) is 2.50. The Balaban J connectivity index is 2.13. The molecule has 0 aromatic heterocycles. The molecule has 0 atom stereocenters. The van der Waals surface area contributed by atoms with E-state index in [4.69, 9.17) is 0 Å². The molecule has 1 aliphatic heterocycles. The van der Waals surface area contributed by atoms with Crippen LogP contribution < -0.4 is 15.3 Å². The van der Waals surface area contributed by atoms with E-state index in [9.17, 15) is 9.36 Å². The van der Waals surface area contributed by atoms with Crippen molar-refractivity contribution in [3.63, 3.8) is 0 Å². The van der Waals surface area contributed by atoms with E-state index in [1.54, 1.807) is 0 Å². The van der Waals surface area contributed by atoms with Crippen LogP contribution >= 0.6 is 7.59 Å². The maximum atomic E-state index is 12.3. The first-order valence-corrected chi connectivity index (χ1v) is 6.87. The fourth-order valence-corrected chi connectivity index (χ4v) is 3.01. The summed E-state index contributed by atoms with van der Waals surface area (Å²) in [4.78, 5) is 11.1. The first-order chi connectivity index (χ1) is 8.13. The molecule has 1 amide bonds. The van der Waals surface area contributed by atoms with Crippen LogP contribution in [0.4, 0.5) is 4.79 Å². The number of amides is 1. The third kappa shape index (κ3) is 2.85. The maximum Gasteiger partial charge on any atom is 0.414 e. The second-order valence-corrected chi connectivity index (χ2v) is 5.73. The Morgan fingerprint density at radius 3 is 2.29 bits per heavy atom. The van der Waals surface area contributed by atoms with E-state index in [1.807, 2.05) is 24.3 Å². The Morgan fingerprint density at radius 2 is 1.82 bits per heavy atom. The lowest BCUT2D eigenvalue weighted by molar-refractivity contribution is 0.177. The van der Waals surface area contributed by atoms with Gasteiger partial charge >= 0.3 is 13.7 Å². The van der Waals surface area contributed by atoms with Crippen molar-refractivity contribution in [2.75, 3.05) is 7.11 Å². The van der Waals surface area contributed by atoms with Gasteiger partial charge in [-0.25, -0.2) is 20.1 Å². The molecule has 7 heteroatoms. The number of ether oxygens (including phenoxy) is 1. The van der Waals surface area contributed by atoms with Gasteiger partial charge in [0.1, 0.15) is 0 Å². The quantitative estimate of drug-likeness (QED) is 0.660. The first-order valence-electron chi connectivity index (χ1n) is 5.16. The fourth-order valence-electron chi connectivity index (χ4n) is 1.60. The van der Waals surface area contributed by atoms with Crippen molar-refractivity contribution in [3.05, 3.63) is 35.4 Å². The molecule has 17 heavy (non-hydrogen) atoms. The van der Waals surface area contributed by atoms with E-state index < -0.39 is 13.7 Å². The van der Waals surface area contributed by atoms with Gasteiger partial charge in [0, 0.05) is 13.1 Å². The number of carbonyl (C=O) groups is 1. The molecule has 0 unspecified atom stereocenters. The molecule has 1 aliphatic rings. The average molecular weight is 255 g/mol. The highest BCUT2D eigenvalue weighted by molar-refractivity contribution is 7.58. The van der Waals surface area contributed by atoms with Gasteiger partial charge in [0.25, 0.3) is 0 Å². The van der Waals surface area contributed by atoms with Gasteiger partial charge in [-0.1, -0.05) is 24.3 Å². The van der Waals surface area contributed by atoms with Gasteiger partial charge in [0.15, 0.2) is 0 Å². The highest BCUT2D eigenvalue weighted by Gasteiger charge is 2.27. The number of methoxy groups -OCH3 is 1. The maximum absolute atomic E-state index is 12.3. The van der Waals surface area contributed by atoms with Crippen molar-refractivity contribution >= 4 is 13.7 Å². The molecule has 1 aromatic carbocycles. The van der Waals surface area contributed by atoms with Gasteiger partial charge in [0.05, 0.1) is 7.11 Å². The normalized spacial score (nSPS) is 17.7. The lowest BCUT2D eigenvalue weighted by Crippen LogP contribution is -2.33. The highest BCUT2D eigenvalue weighted by atomic mass is 31.2. The molecule has 6 nitrogen and oxygen atoms in total.